The van der Waals surface area contributed by atoms with Crippen LogP contribution in [-0.2, 0) is 0 Å². The van der Waals surface area contributed by atoms with Crippen LogP contribution in [0.3, 0.4) is 0 Å². The number of nitrogens with one attached hydrogen (secondary N) is 1. The molecule has 2 rings (SSSR count). The number of rotatable bonds is 2. The zero-order valence-electron chi connectivity index (χ0n) is 10.5. The minimum atomic E-state index is -0.554. The molecule has 0 aliphatic carbocycles. The maximum Gasteiger partial charge on any atom is 0.115 e. The first-order chi connectivity index (χ1) is 7.98. The Balaban J connectivity index is 2.12. The molecule has 1 saturated heterocycles. The molecule has 3 N–H and O–H groups in total. The van der Waals surface area contributed by atoms with Crippen LogP contribution in [0.25, 0.3) is 0 Å². The predicted octanol–water partition coefficient (Wildman–Crippen LogP) is 2.35. The average molecular weight is 235 g/mol. The SMILES string of the molecule is CC1(C)CCC[C@H]([C@@H](O)c2cccc(O)c2)N1. The standard InChI is InChI=1S/C14H21NO2/c1-14(2)8-4-7-12(15-14)13(17)10-5-3-6-11(16)9-10/h3,5-6,9,12-13,15-17H,4,7-8H2,1-2H3/t12-,13+/m1/s1. The van der Waals surface area contributed by atoms with Gasteiger partial charge in [0, 0.05) is 11.6 Å². The first-order valence-electron chi connectivity index (χ1n) is 6.23. The number of aromatic hydroxyl groups is 1. The third-order valence-electron chi connectivity index (χ3n) is 3.49. The number of benzene rings is 1. The zero-order valence-corrected chi connectivity index (χ0v) is 10.5. The molecule has 2 atom stereocenters. The van der Waals surface area contributed by atoms with Gasteiger partial charge in [-0.05, 0) is 50.8 Å². The van der Waals surface area contributed by atoms with Gasteiger partial charge in [0.2, 0.25) is 0 Å². The van der Waals surface area contributed by atoms with E-state index in [4.69, 9.17) is 0 Å². The summed E-state index contributed by atoms with van der Waals surface area (Å²) in [5, 5.41) is 23.2. The van der Waals surface area contributed by atoms with Gasteiger partial charge in [0.1, 0.15) is 5.75 Å². The highest BCUT2D eigenvalue weighted by Gasteiger charge is 2.31. The average Bonchev–Trinajstić information content (AvgIpc) is 2.26. The van der Waals surface area contributed by atoms with Gasteiger partial charge in [-0.15, -0.1) is 0 Å². The molecule has 1 aromatic rings. The molecule has 3 nitrogen and oxygen atoms in total. The molecule has 0 aromatic heterocycles. The van der Waals surface area contributed by atoms with Crippen molar-refractivity contribution in [3.63, 3.8) is 0 Å². The van der Waals surface area contributed by atoms with Crippen LogP contribution in [0, 0.1) is 0 Å². The molecule has 17 heavy (non-hydrogen) atoms. The third kappa shape index (κ3) is 2.99. The molecule has 1 aliphatic heterocycles. The van der Waals surface area contributed by atoms with E-state index in [0.29, 0.717) is 0 Å². The summed E-state index contributed by atoms with van der Waals surface area (Å²) in [5.41, 5.74) is 0.862. The Labute approximate surface area is 102 Å². The molecule has 0 amide bonds. The highest BCUT2D eigenvalue weighted by Crippen LogP contribution is 2.29. The molecule has 94 valence electrons. The molecular formula is C14H21NO2. The van der Waals surface area contributed by atoms with Gasteiger partial charge < -0.3 is 15.5 Å². The van der Waals surface area contributed by atoms with Crippen molar-refractivity contribution >= 4 is 0 Å². The lowest BCUT2D eigenvalue weighted by Gasteiger charge is -2.39. The van der Waals surface area contributed by atoms with Crippen molar-refractivity contribution in [3.8, 4) is 5.75 Å². The summed E-state index contributed by atoms with van der Waals surface area (Å²) in [7, 11) is 0. The topological polar surface area (TPSA) is 52.5 Å². The summed E-state index contributed by atoms with van der Waals surface area (Å²) < 4.78 is 0. The van der Waals surface area contributed by atoms with Gasteiger partial charge in [0.15, 0.2) is 0 Å². The van der Waals surface area contributed by atoms with Crippen molar-refractivity contribution in [2.75, 3.05) is 0 Å². The van der Waals surface area contributed by atoms with Crippen LogP contribution < -0.4 is 5.32 Å². The summed E-state index contributed by atoms with van der Waals surface area (Å²) in [5.74, 6) is 0.205. The molecule has 3 heteroatoms. The molecule has 0 bridgehead atoms. The molecule has 0 unspecified atom stereocenters. The lowest BCUT2D eigenvalue weighted by molar-refractivity contribution is 0.0843. The Morgan fingerprint density at radius 1 is 1.41 bits per heavy atom. The van der Waals surface area contributed by atoms with Crippen molar-refractivity contribution in [2.45, 2.75) is 50.8 Å². The van der Waals surface area contributed by atoms with Gasteiger partial charge in [-0.1, -0.05) is 12.1 Å². The molecular weight excluding hydrogens is 214 g/mol. The second-order valence-electron chi connectivity index (χ2n) is 5.57. The summed E-state index contributed by atoms with van der Waals surface area (Å²) in [4.78, 5) is 0. The maximum atomic E-state index is 10.3. The van der Waals surface area contributed by atoms with Crippen molar-refractivity contribution in [2.24, 2.45) is 0 Å². The minimum Gasteiger partial charge on any atom is -0.508 e. The fourth-order valence-electron chi connectivity index (χ4n) is 2.59. The normalized spacial score (nSPS) is 25.5. The lowest BCUT2D eigenvalue weighted by Crippen LogP contribution is -2.51. The van der Waals surface area contributed by atoms with Crippen LogP contribution in [-0.4, -0.2) is 21.8 Å². The largest absolute Gasteiger partial charge is 0.508 e. The number of hydrogen-bond acceptors (Lipinski definition) is 3. The lowest BCUT2D eigenvalue weighted by atomic mass is 9.85. The van der Waals surface area contributed by atoms with Crippen LogP contribution in [0.1, 0.15) is 44.8 Å². The summed E-state index contributed by atoms with van der Waals surface area (Å²) in [6.07, 6.45) is 2.68. The first kappa shape index (κ1) is 12.4. The number of phenolic OH excluding ortho intramolecular Hbond substituents is 1. The van der Waals surface area contributed by atoms with Crippen LogP contribution >= 0.6 is 0 Å². The van der Waals surface area contributed by atoms with Crippen molar-refractivity contribution < 1.29 is 10.2 Å². The smallest absolute Gasteiger partial charge is 0.115 e. The molecule has 1 heterocycles. The van der Waals surface area contributed by atoms with Gasteiger partial charge in [-0.2, -0.15) is 0 Å². The summed E-state index contributed by atoms with van der Waals surface area (Å²) >= 11 is 0. The molecule has 1 aliphatic rings. The minimum absolute atomic E-state index is 0.0700. The fraction of sp³-hybridized carbons (Fsp3) is 0.571. The molecule has 1 aromatic carbocycles. The molecule has 0 spiro atoms. The van der Waals surface area contributed by atoms with Gasteiger partial charge in [-0.3, -0.25) is 0 Å². The number of phenols is 1. The van der Waals surface area contributed by atoms with Crippen molar-refractivity contribution in [1.29, 1.82) is 0 Å². The summed E-state index contributed by atoms with van der Waals surface area (Å²) in [6.45, 7) is 4.32. The van der Waals surface area contributed by atoms with Crippen LogP contribution in [0.5, 0.6) is 5.75 Å². The third-order valence-corrected chi connectivity index (χ3v) is 3.49. The first-order valence-corrected chi connectivity index (χ1v) is 6.23. The summed E-state index contributed by atoms with van der Waals surface area (Å²) in [6, 6.07) is 6.94. The van der Waals surface area contributed by atoms with Gasteiger partial charge in [0.05, 0.1) is 6.10 Å². The monoisotopic (exact) mass is 235 g/mol. The quantitative estimate of drug-likeness (QED) is 0.737. The second kappa shape index (κ2) is 4.67. The van der Waals surface area contributed by atoms with E-state index in [9.17, 15) is 10.2 Å². The van der Waals surface area contributed by atoms with Crippen LogP contribution in [0.2, 0.25) is 0 Å². The van der Waals surface area contributed by atoms with E-state index in [-0.39, 0.29) is 17.3 Å². The van der Waals surface area contributed by atoms with E-state index in [2.05, 4.69) is 19.2 Å². The zero-order chi connectivity index (χ0) is 12.5. The fourth-order valence-corrected chi connectivity index (χ4v) is 2.59. The Kier molecular flexibility index (Phi) is 3.40. The molecule has 0 radical (unpaired) electrons. The van der Waals surface area contributed by atoms with E-state index in [1.807, 2.05) is 6.07 Å². The predicted molar refractivity (Wildman–Crippen MR) is 67.9 cm³/mol. The Morgan fingerprint density at radius 3 is 2.82 bits per heavy atom. The Hall–Kier alpha value is -1.06. The maximum absolute atomic E-state index is 10.3. The van der Waals surface area contributed by atoms with Crippen LogP contribution in [0.15, 0.2) is 24.3 Å². The Bertz CT molecular complexity index is 390. The number of hydrogen-bond donors (Lipinski definition) is 3. The number of aliphatic hydroxyl groups excluding tert-OH is 1. The van der Waals surface area contributed by atoms with E-state index in [1.165, 1.54) is 0 Å². The van der Waals surface area contributed by atoms with E-state index < -0.39 is 6.10 Å². The highest BCUT2D eigenvalue weighted by atomic mass is 16.3. The van der Waals surface area contributed by atoms with Gasteiger partial charge in [0.25, 0.3) is 0 Å². The Morgan fingerprint density at radius 2 is 2.18 bits per heavy atom. The highest BCUT2D eigenvalue weighted by molar-refractivity contribution is 5.29. The van der Waals surface area contributed by atoms with E-state index in [1.54, 1.807) is 18.2 Å². The van der Waals surface area contributed by atoms with Crippen LogP contribution in [0.4, 0.5) is 0 Å². The van der Waals surface area contributed by atoms with Crippen molar-refractivity contribution in [3.05, 3.63) is 29.8 Å². The van der Waals surface area contributed by atoms with Crippen molar-refractivity contribution in [1.82, 2.24) is 5.32 Å². The second-order valence-corrected chi connectivity index (χ2v) is 5.57. The molecule has 0 saturated carbocycles. The van der Waals surface area contributed by atoms with Gasteiger partial charge in [-0.25, -0.2) is 0 Å². The molecule has 1 fully saturated rings. The van der Waals surface area contributed by atoms with E-state index >= 15 is 0 Å². The number of piperidine rings is 1. The van der Waals surface area contributed by atoms with E-state index in [0.717, 1.165) is 24.8 Å². The number of aliphatic hydroxyl groups is 1. The van der Waals surface area contributed by atoms with Gasteiger partial charge >= 0.3 is 0 Å².